The van der Waals surface area contributed by atoms with Gasteiger partial charge in [-0.25, -0.2) is 9.18 Å². The number of hydrogen-bond acceptors (Lipinski definition) is 5. The molecular formula is C22H24FNO4. The summed E-state index contributed by atoms with van der Waals surface area (Å²) >= 11 is 0. The number of nitrogens with one attached hydrogen (secondary N) is 1. The molecule has 1 saturated heterocycles. The Bertz CT molecular complexity index is 867. The van der Waals surface area contributed by atoms with Crippen LogP contribution < -0.4 is 5.32 Å². The van der Waals surface area contributed by atoms with Crippen LogP contribution in [-0.2, 0) is 19.1 Å². The number of benzene rings is 1. The second-order valence-corrected chi connectivity index (χ2v) is 7.52. The van der Waals surface area contributed by atoms with Gasteiger partial charge in [-0.1, -0.05) is 18.2 Å². The molecule has 2 aliphatic heterocycles. The maximum Gasteiger partial charge on any atom is 0.336 e. The first-order chi connectivity index (χ1) is 13.6. The van der Waals surface area contributed by atoms with Crippen LogP contribution in [-0.4, -0.2) is 31.1 Å². The van der Waals surface area contributed by atoms with E-state index in [2.05, 4.69) is 5.32 Å². The van der Waals surface area contributed by atoms with Gasteiger partial charge in [0, 0.05) is 35.6 Å². The maximum atomic E-state index is 14.7. The molecule has 1 aromatic rings. The molecule has 0 unspecified atom stereocenters. The Morgan fingerprint density at radius 3 is 2.86 bits per heavy atom. The fraction of sp³-hybridized carbons (Fsp3) is 0.455. The molecule has 1 N–H and O–H groups in total. The van der Waals surface area contributed by atoms with E-state index in [1.54, 1.807) is 25.1 Å². The monoisotopic (exact) mass is 385 g/mol. The lowest BCUT2D eigenvalue weighted by atomic mass is 9.75. The smallest absolute Gasteiger partial charge is 0.336 e. The van der Waals surface area contributed by atoms with Gasteiger partial charge in [0.05, 0.1) is 17.6 Å². The van der Waals surface area contributed by atoms with Crippen molar-refractivity contribution in [2.45, 2.75) is 51.0 Å². The van der Waals surface area contributed by atoms with Crippen molar-refractivity contribution in [3.63, 3.8) is 0 Å². The van der Waals surface area contributed by atoms with E-state index in [9.17, 15) is 14.0 Å². The Labute approximate surface area is 163 Å². The molecule has 28 heavy (non-hydrogen) atoms. The molecule has 0 amide bonds. The van der Waals surface area contributed by atoms with E-state index in [1.165, 1.54) is 6.07 Å². The molecule has 2 atom stereocenters. The summed E-state index contributed by atoms with van der Waals surface area (Å²) in [6, 6.07) is 6.32. The largest absolute Gasteiger partial charge is 0.459 e. The summed E-state index contributed by atoms with van der Waals surface area (Å²) in [6.45, 7) is 2.62. The van der Waals surface area contributed by atoms with E-state index < -0.39 is 17.7 Å². The molecule has 0 radical (unpaired) electrons. The highest BCUT2D eigenvalue weighted by Crippen LogP contribution is 2.43. The van der Waals surface area contributed by atoms with Gasteiger partial charge in [-0.15, -0.1) is 0 Å². The standard InChI is InChI=1S/C22H24FNO4/c1-13-19(22(26)28-12-14-6-5-11-27-14)20(15-7-2-3-8-16(15)23)21-17(24-13)9-4-10-18(21)25/h2-3,7-8,14,20,24H,4-6,9-12H2,1H3/t14-,20+/m0/s1. The van der Waals surface area contributed by atoms with Crippen molar-refractivity contribution in [3.05, 3.63) is 58.2 Å². The van der Waals surface area contributed by atoms with Crippen LogP contribution in [0.2, 0.25) is 0 Å². The lowest BCUT2D eigenvalue weighted by Gasteiger charge is -2.34. The van der Waals surface area contributed by atoms with Crippen molar-refractivity contribution in [2.24, 2.45) is 0 Å². The number of hydrogen-bond donors (Lipinski definition) is 1. The van der Waals surface area contributed by atoms with E-state index in [4.69, 9.17) is 9.47 Å². The van der Waals surface area contributed by atoms with Crippen LogP contribution in [0.15, 0.2) is 46.8 Å². The molecule has 0 aromatic heterocycles. The summed E-state index contributed by atoms with van der Waals surface area (Å²) in [5.74, 6) is -1.75. The number of ketones is 1. The van der Waals surface area contributed by atoms with Gasteiger partial charge in [0.1, 0.15) is 12.4 Å². The van der Waals surface area contributed by atoms with Gasteiger partial charge in [-0.2, -0.15) is 0 Å². The Morgan fingerprint density at radius 1 is 1.29 bits per heavy atom. The van der Waals surface area contributed by atoms with Crippen molar-refractivity contribution in [1.82, 2.24) is 5.32 Å². The first kappa shape index (κ1) is 18.9. The first-order valence-electron chi connectivity index (χ1n) is 9.83. The minimum absolute atomic E-state index is 0.0427. The van der Waals surface area contributed by atoms with Crippen molar-refractivity contribution in [1.29, 1.82) is 0 Å². The minimum Gasteiger partial charge on any atom is -0.459 e. The van der Waals surface area contributed by atoms with Crippen LogP contribution in [0.1, 0.15) is 50.5 Å². The number of esters is 1. The Hall–Kier alpha value is -2.47. The third kappa shape index (κ3) is 3.49. The number of allylic oxidation sites excluding steroid dienone is 3. The van der Waals surface area contributed by atoms with Gasteiger partial charge in [-0.05, 0) is 38.7 Å². The molecule has 0 bridgehead atoms. The third-order valence-corrected chi connectivity index (χ3v) is 5.64. The highest BCUT2D eigenvalue weighted by molar-refractivity contribution is 6.03. The number of dihydropyridines is 1. The number of ether oxygens (including phenoxy) is 2. The molecule has 6 heteroatoms. The second kappa shape index (κ2) is 7.87. The predicted molar refractivity (Wildman–Crippen MR) is 101 cm³/mol. The first-order valence-corrected chi connectivity index (χ1v) is 9.83. The molecular weight excluding hydrogens is 361 g/mol. The number of carbonyl (C=O) groups is 2. The van der Waals surface area contributed by atoms with Gasteiger partial charge in [0.2, 0.25) is 0 Å². The van der Waals surface area contributed by atoms with E-state index in [0.717, 1.165) is 25.0 Å². The predicted octanol–water partition coefficient (Wildman–Crippen LogP) is 3.52. The van der Waals surface area contributed by atoms with Gasteiger partial charge >= 0.3 is 5.97 Å². The van der Waals surface area contributed by atoms with Crippen LogP contribution in [0.25, 0.3) is 0 Å². The van der Waals surface area contributed by atoms with Crippen molar-refractivity contribution in [2.75, 3.05) is 13.2 Å². The third-order valence-electron chi connectivity index (χ3n) is 5.64. The second-order valence-electron chi connectivity index (χ2n) is 7.52. The summed E-state index contributed by atoms with van der Waals surface area (Å²) < 4.78 is 25.7. The van der Waals surface area contributed by atoms with E-state index >= 15 is 0 Å². The topological polar surface area (TPSA) is 64.6 Å². The molecule has 1 aromatic carbocycles. The summed E-state index contributed by atoms with van der Waals surface area (Å²) in [4.78, 5) is 25.8. The SMILES string of the molecule is CC1=C(C(=O)OC[C@@H]2CCCO2)[C@@H](c2ccccc2F)C2=C(CCCC2=O)N1. The van der Waals surface area contributed by atoms with E-state index in [0.29, 0.717) is 41.9 Å². The van der Waals surface area contributed by atoms with Crippen molar-refractivity contribution >= 4 is 11.8 Å². The molecule has 0 spiro atoms. The Balaban J connectivity index is 1.71. The zero-order chi connectivity index (χ0) is 19.7. The fourth-order valence-corrected chi connectivity index (χ4v) is 4.30. The summed E-state index contributed by atoms with van der Waals surface area (Å²) in [5.41, 5.74) is 2.52. The highest BCUT2D eigenvalue weighted by atomic mass is 19.1. The molecule has 4 rings (SSSR count). The molecule has 1 aliphatic carbocycles. The summed E-state index contributed by atoms with van der Waals surface area (Å²) in [7, 11) is 0. The lowest BCUT2D eigenvalue weighted by molar-refractivity contribution is -0.142. The number of carbonyl (C=O) groups excluding carboxylic acids is 2. The van der Waals surface area contributed by atoms with Gasteiger partial charge < -0.3 is 14.8 Å². The maximum absolute atomic E-state index is 14.7. The summed E-state index contributed by atoms with van der Waals surface area (Å²) in [6.07, 6.45) is 3.58. The quantitative estimate of drug-likeness (QED) is 0.804. The van der Waals surface area contributed by atoms with Crippen LogP contribution in [0.4, 0.5) is 4.39 Å². The van der Waals surface area contributed by atoms with Crippen LogP contribution in [0.5, 0.6) is 0 Å². The molecule has 148 valence electrons. The lowest BCUT2D eigenvalue weighted by Crippen LogP contribution is -2.35. The normalized spacial score (nSPS) is 24.9. The minimum atomic E-state index is -0.748. The Kier molecular flexibility index (Phi) is 5.31. The average molecular weight is 385 g/mol. The Morgan fingerprint density at radius 2 is 2.11 bits per heavy atom. The number of Topliss-reactive ketones (excluding diaryl/α,β-unsaturated/α-hetero) is 1. The van der Waals surface area contributed by atoms with Gasteiger partial charge in [-0.3, -0.25) is 4.79 Å². The van der Waals surface area contributed by atoms with Crippen molar-refractivity contribution in [3.8, 4) is 0 Å². The van der Waals surface area contributed by atoms with Crippen LogP contribution in [0, 0.1) is 5.82 Å². The van der Waals surface area contributed by atoms with E-state index in [-0.39, 0.29) is 18.5 Å². The molecule has 1 fully saturated rings. The molecule has 3 aliphatic rings. The van der Waals surface area contributed by atoms with E-state index in [1.807, 2.05) is 0 Å². The fourth-order valence-electron chi connectivity index (χ4n) is 4.30. The van der Waals surface area contributed by atoms with Crippen molar-refractivity contribution < 1.29 is 23.5 Å². The van der Waals surface area contributed by atoms with Gasteiger partial charge in [0.25, 0.3) is 0 Å². The van der Waals surface area contributed by atoms with Crippen LogP contribution >= 0.6 is 0 Å². The average Bonchev–Trinajstić information content (AvgIpc) is 3.19. The zero-order valence-electron chi connectivity index (χ0n) is 15.9. The highest BCUT2D eigenvalue weighted by Gasteiger charge is 2.40. The zero-order valence-corrected chi connectivity index (χ0v) is 15.9. The number of halogens is 1. The van der Waals surface area contributed by atoms with Gasteiger partial charge in [0.15, 0.2) is 5.78 Å². The number of rotatable bonds is 4. The molecule has 2 heterocycles. The molecule has 5 nitrogen and oxygen atoms in total. The molecule has 0 saturated carbocycles. The van der Waals surface area contributed by atoms with Crippen LogP contribution in [0.3, 0.4) is 0 Å². The summed E-state index contributed by atoms with van der Waals surface area (Å²) in [5, 5.41) is 3.21.